The van der Waals surface area contributed by atoms with Crippen LogP contribution in [0.5, 0.6) is 0 Å². The molecule has 25 heavy (non-hydrogen) atoms. The van der Waals surface area contributed by atoms with E-state index in [1.807, 2.05) is 6.07 Å². The number of ketones is 1. The van der Waals surface area contributed by atoms with Gasteiger partial charge in [-0.05, 0) is 25.1 Å². The van der Waals surface area contributed by atoms with Gasteiger partial charge < -0.3 is 4.74 Å². The zero-order valence-corrected chi connectivity index (χ0v) is 14.8. The normalized spacial score (nSPS) is 10.7. The van der Waals surface area contributed by atoms with Crippen molar-refractivity contribution in [3.8, 4) is 0 Å². The molecular formula is C19H13Cl2NO3. The molecule has 6 heteroatoms. The molecular weight excluding hydrogens is 361 g/mol. The maximum absolute atomic E-state index is 12.7. The van der Waals surface area contributed by atoms with Gasteiger partial charge in [0.25, 0.3) is 0 Å². The molecule has 0 atom stereocenters. The molecule has 0 bridgehead atoms. The summed E-state index contributed by atoms with van der Waals surface area (Å²) in [5.41, 5.74) is 1.12. The summed E-state index contributed by atoms with van der Waals surface area (Å²) in [6.07, 6.45) is 0. The molecule has 0 unspecified atom stereocenters. The Bertz CT molecular complexity index is 971. The molecule has 0 saturated carbocycles. The molecule has 0 aliphatic heterocycles. The Balaban J connectivity index is 2.24. The highest BCUT2D eigenvalue weighted by molar-refractivity contribution is 6.38. The zero-order valence-electron chi connectivity index (χ0n) is 13.3. The number of hydrogen-bond acceptors (Lipinski definition) is 4. The van der Waals surface area contributed by atoms with Crippen LogP contribution in [0.2, 0.25) is 10.0 Å². The van der Waals surface area contributed by atoms with Gasteiger partial charge in [-0.3, -0.25) is 4.79 Å². The predicted octanol–water partition coefficient (Wildman–Crippen LogP) is 4.95. The first kappa shape index (κ1) is 17.4. The number of nitrogens with zero attached hydrogens (tertiary/aromatic N) is 1. The number of ether oxygens (including phenoxy) is 1. The van der Waals surface area contributed by atoms with E-state index in [1.165, 1.54) is 12.1 Å². The Morgan fingerprint density at radius 2 is 1.80 bits per heavy atom. The van der Waals surface area contributed by atoms with Crippen molar-refractivity contribution < 1.29 is 14.3 Å². The van der Waals surface area contributed by atoms with Gasteiger partial charge in [0.05, 0.1) is 22.7 Å². The van der Waals surface area contributed by atoms with Crippen molar-refractivity contribution in [2.24, 2.45) is 0 Å². The number of rotatable bonds is 4. The Morgan fingerprint density at radius 1 is 1.08 bits per heavy atom. The number of esters is 1. The van der Waals surface area contributed by atoms with Crippen molar-refractivity contribution in [1.82, 2.24) is 4.98 Å². The average molecular weight is 374 g/mol. The second-order valence-electron chi connectivity index (χ2n) is 5.25. The maximum atomic E-state index is 12.7. The average Bonchev–Trinajstić information content (AvgIpc) is 2.61. The lowest BCUT2D eigenvalue weighted by Crippen LogP contribution is -2.11. The number of fused-ring (bicyclic) bond motifs is 1. The summed E-state index contributed by atoms with van der Waals surface area (Å²) in [5.74, 6) is -0.866. The van der Waals surface area contributed by atoms with E-state index in [2.05, 4.69) is 4.98 Å². The van der Waals surface area contributed by atoms with Gasteiger partial charge in [-0.15, -0.1) is 0 Å². The molecule has 3 rings (SSSR count). The van der Waals surface area contributed by atoms with Gasteiger partial charge in [0.15, 0.2) is 0 Å². The van der Waals surface area contributed by atoms with Crippen molar-refractivity contribution >= 4 is 45.9 Å². The van der Waals surface area contributed by atoms with E-state index >= 15 is 0 Å². The van der Waals surface area contributed by atoms with Crippen LogP contribution in [0.25, 0.3) is 10.9 Å². The Kier molecular flexibility index (Phi) is 5.02. The minimum atomic E-state index is -0.560. The van der Waals surface area contributed by atoms with E-state index in [1.54, 1.807) is 37.3 Å². The van der Waals surface area contributed by atoms with Crippen molar-refractivity contribution in [2.75, 3.05) is 6.61 Å². The summed E-state index contributed by atoms with van der Waals surface area (Å²) in [6, 6.07) is 13.2. The van der Waals surface area contributed by atoms with Crippen LogP contribution in [-0.4, -0.2) is 23.3 Å². The first-order valence-corrected chi connectivity index (χ1v) is 8.33. The van der Waals surface area contributed by atoms with Crippen LogP contribution >= 0.6 is 23.2 Å². The van der Waals surface area contributed by atoms with Crippen LogP contribution < -0.4 is 0 Å². The Labute approximate surface area is 154 Å². The summed E-state index contributed by atoms with van der Waals surface area (Å²) >= 11 is 12.3. The van der Waals surface area contributed by atoms with Gasteiger partial charge in [-0.2, -0.15) is 0 Å². The quantitative estimate of drug-likeness (QED) is 0.479. The summed E-state index contributed by atoms with van der Waals surface area (Å²) in [4.78, 5) is 29.4. The van der Waals surface area contributed by atoms with Crippen LogP contribution in [0.1, 0.15) is 33.3 Å². The Hall–Kier alpha value is -2.43. The molecule has 0 saturated heterocycles. The first-order chi connectivity index (χ1) is 12.0. The van der Waals surface area contributed by atoms with Crippen LogP contribution in [0, 0.1) is 0 Å². The lowest BCUT2D eigenvalue weighted by molar-refractivity contribution is 0.0528. The highest BCUT2D eigenvalue weighted by atomic mass is 35.5. The molecule has 0 aliphatic rings. The molecule has 0 N–H and O–H groups in total. The monoisotopic (exact) mass is 373 g/mol. The van der Waals surface area contributed by atoms with Crippen molar-refractivity contribution in [3.05, 3.63) is 75.4 Å². The molecule has 3 aromatic rings. The number of carbonyl (C=O) groups excluding carboxylic acids is 2. The first-order valence-electron chi connectivity index (χ1n) is 7.58. The lowest BCUT2D eigenvalue weighted by Gasteiger charge is -2.10. The Morgan fingerprint density at radius 3 is 2.48 bits per heavy atom. The van der Waals surface area contributed by atoms with E-state index in [4.69, 9.17) is 27.9 Å². The number of carbonyl (C=O) groups is 2. The zero-order chi connectivity index (χ0) is 18.0. The summed E-state index contributed by atoms with van der Waals surface area (Å²) < 4.78 is 5.09. The topological polar surface area (TPSA) is 56.3 Å². The molecule has 0 amide bonds. The molecule has 2 aromatic carbocycles. The van der Waals surface area contributed by atoms with E-state index < -0.39 is 5.97 Å². The van der Waals surface area contributed by atoms with Crippen LogP contribution in [-0.2, 0) is 4.74 Å². The van der Waals surface area contributed by atoms with Crippen LogP contribution in [0.3, 0.4) is 0 Å². The molecule has 1 heterocycles. The smallest absolute Gasteiger partial charge is 0.338 e. The maximum Gasteiger partial charge on any atom is 0.338 e. The number of pyridine rings is 1. The summed E-state index contributed by atoms with van der Waals surface area (Å²) in [6.45, 7) is 1.91. The SMILES string of the molecule is CCOC(=O)c1cc(C(=O)c2ccccc2)nc2c(Cl)cc(Cl)cc12. The van der Waals surface area contributed by atoms with E-state index in [0.717, 1.165) is 0 Å². The fourth-order valence-electron chi connectivity index (χ4n) is 2.48. The van der Waals surface area contributed by atoms with Gasteiger partial charge in [-0.1, -0.05) is 53.5 Å². The fourth-order valence-corrected chi connectivity index (χ4v) is 3.02. The molecule has 4 nitrogen and oxygen atoms in total. The van der Waals surface area contributed by atoms with Gasteiger partial charge in [-0.25, -0.2) is 9.78 Å². The van der Waals surface area contributed by atoms with E-state index in [-0.39, 0.29) is 28.7 Å². The molecule has 0 radical (unpaired) electrons. The summed E-state index contributed by atoms with van der Waals surface area (Å²) in [7, 11) is 0. The van der Waals surface area contributed by atoms with E-state index in [0.29, 0.717) is 21.5 Å². The lowest BCUT2D eigenvalue weighted by atomic mass is 10.0. The van der Waals surface area contributed by atoms with Crippen molar-refractivity contribution in [3.63, 3.8) is 0 Å². The number of halogens is 2. The molecule has 0 fully saturated rings. The highest BCUT2D eigenvalue weighted by Crippen LogP contribution is 2.30. The third-order valence-electron chi connectivity index (χ3n) is 3.60. The predicted molar refractivity (Wildman–Crippen MR) is 97.6 cm³/mol. The van der Waals surface area contributed by atoms with Gasteiger partial charge >= 0.3 is 5.97 Å². The largest absolute Gasteiger partial charge is 0.462 e. The highest BCUT2D eigenvalue weighted by Gasteiger charge is 2.20. The third kappa shape index (κ3) is 3.50. The summed E-state index contributed by atoms with van der Waals surface area (Å²) in [5, 5.41) is 1.07. The van der Waals surface area contributed by atoms with Crippen LogP contribution in [0.4, 0.5) is 0 Å². The molecule has 126 valence electrons. The fraction of sp³-hybridized carbons (Fsp3) is 0.105. The molecule has 0 aliphatic carbocycles. The third-order valence-corrected chi connectivity index (χ3v) is 4.10. The van der Waals surface area contributed by atoms with Gasteiger partial charge in [0, 0.05) is 16.0 Å². The minimum Gasteiger partial charge on any atom is -0.462 e. The number of hydrogen-bond donors (Lipinski definition) is 0. The van der Waals surface area contributed by atoms with Gasteiger partial charge in [0.2, 0.25) is 5.78 Å². The second kappa shape index (κ2) is 7.21. The van der Waals surface area contributed by atoms with Crippen molar-refractivity contribution in [1.29, 1.82) is 0 Å². The number of aromatic nitrogens is 1. The van der Waals surface area contributed by atoms with Crippen LogP contribution in [0.15, 0.2) is 48.5 Å². The minimum absolute atomic E-state index is 0.117. The number of benzene rings is 2. The standard InChI is InChI=1S/C19H13Cl2NO3/c1-2-25-19(24)14-10-16(18(23)11-6-4-3-5-7-11)22-17-13(14)8-12(20)9-15(17)21/h3-10H,2H2,1H3. The van der Waals surface area contributed by atoms with Gasteiger partial charge in [0.1, 0.15) is 5.69 Å². The van der Waals surface area contributed by atoms with E-state index in [9.17, 15) is 9.59 Å². The second-order valence-corrected chi connectivity index (χ2v) is 6.10. The molecule has 1 aromatic heterocycles. The van der Waals surface area contributed by atoms with Crippen molar-refractivity contribution in [2.45, 2.75) is 6.92 Å². The molecule has 0 spiro atoms.